The number of anilines is 2. The number of halogens is 3. The Morgan fingerprint density at radius 1 is 1.32 bits per heavy atom. The van der Waals surface area contributed by atoms with Gasteiger partial charge in [0.1, 0.15) is 16.6 Å². The highest BCUT2D eigenvalue weighted by Gasteiger charge is 2.31. The molecule has 0 amide bonds. The molecular weight excluding hydrogens is 277 g/mol. The maximum absolute atomic E-state index is 12.6. The van der Waals surface area contributed by atoms with Crippen LogP contribution in [0.15, 0.2) is 17.5 Å². The number of rotatable bonds is 3. The highest BCUT2D eigenvalue weighted by molar-refractivity contribution is 7.09. The summed E-state index contributed by atoms with van der Waals surface area (Å²) < 4.78 is 37.8. The lowest BCUT2D eigenvalue weighted by molar-refractivity contribution is -0.137. The van der Waals surface area contributed by atoms with E-state index in [0.29, 0.717) is 6.54 Å². The first-order chi connectivity index (χ1) is 8.84. The Kier molecular flexibility index (Phi) is 3.61. The molecule has 0 aromatic carbocycles. The molecule has 0 radical (unpaired) electrons. The molecule has 4 nitrogen and oxygen atoms in total. The first-order valence-electron chi connectivity index (χ1n) is 5.34. The number of nitrogens with one attached hydrogen (secondary N) is 1. The number of aryl methyl sites for hydroxylation is 1. The second kappa shape index (κ2) is 5.04. The van der Waals surface area contributed by atoms with Crippen LogP contribution in [0.4, 0.5) is 24.8 Å². The molecule has 2 aromatic rings. The summed E-state index contributed by atoms with van der Waals surface area (Å²) in [6.07, 6.45) is -4.44. The third-order valence-electron chi connectivity index (χ3n) is 2.26. The number of nitrogens with zero attached hydrogens (tertiary/aromatic N) is 2. The predicted octanol–water partition coefficient (Wildman–Crippen LogP) is 3.06. The molecule has 0 aliphatic heterocycles. The van der Waals surface area contributed by atoms with Crippen LogP contribution in [0, 0.1) is 6.92 Å². The van der Waals surface area contributed by atoms with Gasteiger partial charge in [-0.2, -0.15) is 13.2 Å². The van der Waals surface area contributed by atoms with E-state index in [2.05, 4.69) is 15.3 Å². The van der Waals surface area contributed by atoms with Gasteiger partial charge < -0.3 is 11.1 Å². The fourth-order valence-electron chi connectivity index (χ4n) is 1.46. The maximum Gasteiger partial charge on any atom is 0.416 e. The van der Waals surface area contributed by atoms with Crippen molar-refractivity contribution < 1.29 is 13.2 Å². The predicted molar refractivity (Wildman–Crippen MR) is 67.8 cm³/mol. The van der Waals surface area contributed by atoms with Crippen LogP contribution in [0.2, 0.25) is 0 Å². The van der Waals surface area contributed by atoms with E-state index in [9.17, 15) is 13.2 Å². The van der Waals surface area contributed by atoms with Gasteiger partial charge in [0.15, 0.2) is 0 Å². The SMILES string of the molecule is Cc1csc(CNc2cc(C(F)(F)F)cc(N)n2)n1. The van der Waals surface area contributed by atoms with Crippen molar-refractivity contribution in [3.05, 3.63) is 33.8 Å². The quantitative estimate of drug-likeness (QED) is 0.911. The average molecular weight is 288 g/mol. The second-order valence-electron chi connectivity index (χ2n) is 3.90. The summed E-state index contributed by atoms with van der Waals surface area (Å²) in [4.78, 5) is 8.01. The largest absolute Gasteiger partial charge is 0.416 e. The Bertz CT molecular complexity index is 580. The summed E-state index contributed by atoms with van der Waals surface area (Å²) in [6.45, 7) is 2.16. The Hall–Kier alpha value is -1.83. The van der Waals surface area contributed by atoms with Gasteiger partial charge in [0, 0.05) is 11.1 Å². The van der Waals surface area contributed by atoms with Crippen molar-refractivity contribution in [1.82, 2.24) is 9.97 Å². The normalized spacial score (nSPS) is 11.6. The summed E-state index contributed by atoms with van der Waals surface area (Å²) in [5.74, 6) is -0.0900. The van der Waals surface area contributed by atoms with Gasteiger partial charge >= 0.3 is 6.18 Å². The minimum atomic E-state index is -4.44. The highest BCUT2D eigenvalue weighted by atomic mass is 32.1. The summed E-state index contributed by atoms with van der Waals surface area (Å²) in [7, 11) is 0. The van der Waals surface area contributed by atoms with E-state index in [1.165, 1.54) is 11.3 Å². The zero-order chi connectivity index (χ0) is 14.0. The minimum Gasteiger partial charge on any atom is -0.384 e. The minimum absolute atomic E-state index is 0.0835. The third kappa shape index (κ3) is 3.57. The molecule has 3 N–H and O–H groups in total. The topological polar surface area (TPSA) is 63.8 Å². The van der Waals surface area contributed by atoms with Gasteiger partial charge in [-0.1, -0.05) is 0 Å². The van der Waals surface area contributed by atoms with E-state index >= 15 is 0 Å². The lowest BCUT2D eigenvalue weighted by Crippen LogP contribution is -2.09. The maximum atomic E-state index is 12.6. The molecular formula is C11H11F3N4S. The Balaban J connectivity index is 2.14. The van der Waals surface area contributed by atoms with Crippen molar-refractivity contribution in [3.63, 3.8) is 0 Å². The lowest BCUT2D eigenvalue weighted by atomic mass is 10.2. The number of hydrogen-bond donors (Lipinski definition) is 2. The van der Waals surface area contributed by atoms with Crippen LogP contribution in [0.1, 0.15) is 16.3 Å². The molecule has 102 valence electrons. The fourth-order valence-corrected chi connectivity index (χ4v) is 2.17. The molecule has 0 aliphatic carbocycles. The summed E-state index contributed by atoms with van der Waals surface area (Å²) in [6, 6.07) is 1.73. The van der Waals surface area contributed by atoms with Crippen LogP contribution in [0.3, 0.4) is 0 Å². The van der Waals surface area contributed by atoms with Gasteiger partial charge in [-0.3, -0.25) is 0 Å². The number of hydrogen-bond acceptors (Lipinski definition) is 5. The first kappa shape index (κ1) is 13.6. The fraction of sp³-hybridized carbons (Fsp3) is 0.273. The number of nitrogen functional groups attached to an aromatic ring is 1. The standard InChI is InChI=1S/C11H11F3N4S/c1-6-5-19-10(17-6)4-16-9-3-7(11(12,13)14)2-8(15)18-9/h2-3,5H,4H2,1H3,(H3,15,16,18). The molecule has 0 saturated heterocycles. The Morgan fingerprint density at radius 2 is 2.05 bits per heavy atom. The number of nitrogens with two attached hydrogens (primary N) is 1. The number of alkyl halides is 3. The lowest BCUT2D eigenvalue weighted by Gasteiger charge is -2.10. The van der Waals surface area contributed by atoms with Gasteiger partial charge in [0.2, 0.25) is 0 Å². The molecule has 19 heavy (non-hydrogen) atoms. The van der Waals surface area contributed by atoms with E-state index in [-0.39, 0.29) is 11.6 Å². The molecule has 0 unspecified atom stereocenters. The Labute approximate surface area is 111 Å². The van der Waals surface area contributed by atoms with Crippen LogP contribution < -0.4 is 11.1 Å². The number of pyridine rings is 1. The monoisotopic (exact) mass is 288 g/mol. The van der Waals surface area contributed by atoms with Gasteiger partial charge in [-0.15, -0.1) is 11.3 Å². The molecule has 2 aromatic heterocycles. The molecule has 0 fully saturated rings. The first-order valence-corrected chi connectivity index (χ1v) is 6.22. The molecule has 0 saturated carbocycles. The second-order valence-corrected chi connectivity index (χ2v) is 4.84. The Morgan fingerprint density at radius 3 is 2.63 bits per heavy atom. The van der Waals surface area contributed by atoms with E-state index in [1.54, 1.807) is 0 Å². The summed E-state index contributed by atoms with van der Waals surface area (Å²) >= 11 is 1.43. The van der Waals surface area contributed by atoms with Crippen molar-refractivity contribution in [2.45, 2.75) is 19.6 Å². The zero-order valence-corrected chi connectivity index (χ0v) is 10.8. The van der Waals surface area contributed by atoms with Crippen LogP contribution in [-0.4, -0.2) is 9.97 Å². The van der Waals surface area contributed by atoms with Crippen molar-refractivity contribution >= 4 is 23.0 Å². The average Bonchev–Trinajstić information content (AvgIpc) is 2.71. The summed E-state index contributed by atoms with van der Waals surface area (Å²) in [5.41, 5.74) is 5.42. The van der Waals surface area contributed by atoms with Crippen molar-refractivity contribution in [2.75, 3.05) is 11.1 Å². The number of aromatic nitrogens is 2. The van der Waals surface area contributed by atoms with Gasteiger partial charge in [-0.25, -0.2) is 9.97 Å². The van der Waals surface area contributed by atoms with E-state index in [4.69, 9.17) is 5.73 Å². The zero-order valence-electron chi connectivity index (χ0n) is 9.95. The molecule has 8 heteroatoms. The molecule has 2 rings (SSSR count). The van der Waals surface area contributed by atoms with E-state index in [0.717, 1.165) is 22.8 Å². The molecule has 0 atom stereocenters. The smallest absolute Gasteiger partial charge is 0.384 e. The van der Waals surface area contributed by atoms with Crippen LogP contribution in [0.5, 0.6) is 0 Å². The third-order valence-corrected chi connectivity index (χ3v) is 3.23. The summed E-state index contributed by atoms with van der Waals surface area (Å²) in [5, 5.41) is 5.42. The van der Waals surface area contributed by atoms with Crippen molar-refractivity contribution in [3.8, 4) is 0 Å². The van der Waals surface area contributed by atoms with Crippen molar-refractivity contribution in [1.29, 1.82) is 0 Å². The molecule has 0 spiro atoms. The van der Waals surface area contributed by atoms with Gasteiger partial charge in [-0.05, 0) is 19.1 Å². The van der Waals surface area contributed by atoms with Crippen molar-refractivity contribution in [2.24, 2.45) is 0 Å². The molecule has 0 aliphatic rings. The van der Waals surface area contributed by atoms with Gasteiger partial charge in [0.25, 0.3) is 0 Å². The van der Waals surface area contributed by atoms with Crippen LogP contribution >= 0.6 is 11.3 Å². The van der Waals surface area contributed by atoms with Gasteiger partial charge in [0.05, 0.1) is 12.1 Å². The molecule has 2 heterocycles. The number of thiazole rings is 1. The highest BCUT2D eigenvalue weighted by Crippen LogP contribution is 2.31. The van der Waals surface area contributed by atoms with E-state index < -0.39 is 11.7 Å². The van der Waals surface area contributed by atoms with Crippen LogP contribution in [-0.2, 0) is 12.7 Å². The van der Waals surface area contributed by atoms with Crippen LogP contribution in [0.25, 0.3) is 0 Å². The molecule has 0 bridgehead atoms. The van der Waals surface area contributed by atoms with E-state index in [1.807, 2.05) is 12.3 Å².